The van der Waals surface area contributed by atoms with Crippen LogP contribution >= 0.6 is 23.2 Å². The first-order valence-electron chi connectivity index (χ1n) is 8.96. The van der Waals surface area contributed by atoms with E-state index in [1.165, 1.54) is 12.1 Å². The molecule has 1 aromatic heterocycles. The number of nitrogens with two attached hydrogens (primary N) is 1. The molecule has 0 radical (unpaired) electrons. The molecule has 1 aliphatic heterocycles. The summed E-state index contributed by atoms with van der Waals surface area (Å²) in [6.07, 6.45) is 0. The summed E-state index contributed by atoms with van der Waals surface area (Å²) in [7, 11) is 0. The molecule has 0 amide bonds. The summed E-state index contributed by atoms with van der Waals surface area (Å²) in [5.41, 5.74) is 5.87. The molecule has 1 aromatic carbocycles. The van der Waals surface area contributed by atoms with Gasteiger partial charge in [0.25, 0.3) is 0 Å². The third-order valence-corrected chi connectivity index (χ3v) is 5.07. The largest absolute Gasteiger partial charge is 0.463 e. The van der Waals surface area contributed by atoms with Crippen molar-refractivity contribution in [3.8, 4) is 6.07 Å². The fourth-order valence-electron chi connectivity index (χ4n) is 3.16. The lowest BCUT2D eigenvalue weighted by atomic mass is 9.81. The highest BCUT2D eigenvalue weighted by Gasteiger charge is 2.40. The highest BCUT2D eigenvalue weighted by atomic mass is 35.5. The van der Waals surface area contributed by atoms with Gasteiger partial charge in [-0.15, -0.1) is 0 Å². The van der Waals surface area contributed by atoms with E-state index in [0.29, 0.717) is 5.56 Å². The molecule has 2 N–H and O–H groups in total. The van der Waals surface area contributed by atoms with Crippen LogP contribution in [-0.2, 0) is 14.3 Å². The molecule has 10 heteroatoms. The van der Waals surface area contributed by atoms with Crippen LogP contribution in [0, 0.1) is 29.9 Å². The van der Waals surface area contributed by atoms with Gasteiger partial charge in [-0.3, -0.25) is 0 Å². The van der Waals surface area contributed by atoms with Gasteiger partial charge < -0.3 is 15.2 Å². The van der Waals surface area contributed by atoms with Crippen molar-refractivity contribution >= 4 is 34.9 Å². The molecule has 2 aromatic rings. The molecule has 6 nitrogen and oxygen atoms in total. The van der Waals surface area contributed by atoms with Crippen LogP contribution in [0.2, 0.25) is 10.3 Å². The molecule has 1 atom stereocenters. The number of ether oxygens (including phenoxy) is 2. The maximum Gasteiger partial charge on any atom is 0.338 e. The highest BCUT2D eigenvalue weighted by Crippen LogP contribution is 2.45. The Morgan fingerprint density at radius 3 is 2.61 bits per heavy atom. The van der Waals surface area contributed by atoms with Crippen molar-refractivity contribution in [3.63, 3.8) is 0 Å². The Kier molecular flexibility index (Phi) is 6.48. The number of pyridine rings is 1. The number of esters is 1. The molecule has 0 fully saturated rings. The van der Waals surface area contributed by atoms with Crippen molar-refractivity contribution in [2.45, 2.75) is 19.8 Å². The number of benzene rings is 1. The third-order valence-electron chi connectivity index (χ3n) is 4.51. The number of aryl methyl sites for hydroxylation is 1. The predicted octanol–water partition coefficient (Wildman–Crippen LogP) is 4.76. The van der Waals surface area contributed by atoms with Gasteiger partial charge >= 0.3 is 5.97 Å². The van der Waals surface area contributed by atoms with Crippen LogP contribution in [0.5, 0.6) is 0 Å². The van der Waals surface area contributed by atoms with Crippen LogP contribution in [0.3, 0.4) is 0 Å². The Balaban J connectivity index is 2.38. The van der Waals surface area contributed by atoms with Crippen molar-refractivity contribution in [1.29, 1.82) is 5.26 Å². The molecule has 3 rings (SSSR count). The van der Waals surface area contributed by atoms with Crippen LogP contribution in [0.1, 0.15) is 29.5 Å². The number of hydrogen-bond donors (Lipinski definition) is 1. The Morgan fingerprint density at radius 2 is 2.00 bits per heavy atom. The minimum absolute atomic E-state index is 0.0209. The Hall–Kier alpha value is -3.15. The molecule has 0 bridgehead atoms. The van der Waals surface area contributed by atoms with Crippen molar-refractivity contribution in [1.82, 2.24) is 4.98 Å². The SMILES string of the molecule is CCOC(=O)C1=C(c2cc(F)c(Cl)nc2Cl)OC(N)=C(C#N)C1c1ccc(C)cc1F. The molecule has 160 valence electrons. The smallest absolute Gasteiger partial charge is 0.338 e. The van der Waals surface area contributed by atoms with Gasteiger partial charge in [0.2, 0.25) is 5.88 Å². The molecule has 1 aliphatic rings. The first-order chi connectivity index (χ1) is 14.7. The summed E-state index contributed by atoms with van der Waals surface area (Å²) in [4.78, 5) is 16.6. The monoisotopic (exact) mass is 465 g/mol. The van der Waals surface area contributed by atoms with Crippen LogP contribution in [0.15, 0.2) is 41.3 Å². The quantitative estimate of drug-likeness (QED) is 0.516. The molecule has 0 aliphatic carbocycles. The first kappa shape index (κ1) is 22.5. The van der Waals surface area contributed by atoms with E-state index in [4.69, 9.17) is 38.4 Å². The van der Waals surface area contributed by atoms with E-state index in [0.717, 1.165) is 6.07 Å². The Labute approximate surface area is 186 Å². The van der Waals surface area contributed by atoms with Gasteiger partial charge in [0.05, 0.1) is 23.7 Å². The number of carbonyl (C=O) groups excluding carboxylic acids is 1. The second kappa shape index (κ2) is 8.92. The number of rotatable bonds is 4. The molecule has 0 saturated carbocycles. The van der Waals surface area contributed by atoms with E-state index >= 15 is 0 Å². The normalized spacial score (nSPS) is 16.1. The topological polar surface area (TPSA) is 98.2 Å². The summed E-state index contributed by atoms with van der Waals surface area (Å²) < 4.78 is 39.7. The fraction of sp³-hybridized carbons (Fsp3) is 0.190. The van der Waals surface area contributed by atoms with Crippen LogP contribution in [-0.4, -0.2) is 17.6 Å². The van der Waals surface area contributed by atoms with E-state index in [1.807, 2.05) is 6.07 Å². The van der Waals surface area contributed by atoms with Gasteiger partial charge in [-0.1, -0.05) is 35.3 Å². The van der Waals surface area contributed by atoms with Gasteiger partial charge in [0.1, 0.15) is 22.6 Å². The summed E-state index contributed by atoms with van der Waals surface area (Å²) in [5, 5.41) is 8.89. The molecule has 2 heterocycles. The van der Waals surface area contributed by atoms with Gasteiger partial charge in [-0.2, -0.15) is 5.26 Å². The standard InChI is InChI=1S/C21H15Cl2F2N3O3/c1-3-30-21(29)16-15(10-5-4-9(2)6-13(10)24)12(8-26)20(27)31-17(16)11-7-14(25)19(23)28-18(11)22/h4-7,15H,3,27H2,1-2H3. The van der Waals surface area contributed by atoms with Gasteiger partial charge in [0.15, 0.2) is 16.7 Å². The molecular formula is C21H15Cl2F2N3O3. The fourth-order valence-corrected chi connectivity index (χ4v) is 3.57. The number of nitrogens with zero attached hydrogens (tertiary/aromatic N) is 2. The zero-order valence-corrected chi connectivity index (χ0v) is 17.8. The lowest BCUT2D eigenvalue weighted by Gasteiger charge is -2.28. The predicted molar refractivity (Wildman–Crippen MR) is 110 cm³/mol. The molecule has 0 saturated heterocycles. The molecule has 1 unspecified atom stereocenters. The number of aromatic nitrogens is 1. The van der Waals surface area contributed by atoms with Gasteiger partial charge in [-0.05, 0) is 31.5 Å². The third kappa shape index (κ3) is 4.20. The van der Waals surface area contributed by atoms with Crippen molar-refractivity contribution in [2.24, 2.45) is 5.73 Å². The maximum absolute atomic E-state index is 14.9. The average Bonchev–Trinajstić information content (AvgIpc) is 2.70. The number of halogens is 4. The minimum atomic E-state index is -1.29. The molecular weight excluding hydrogens is 451 g/mol. The number of hydrogen-bond acceptors (Lipinski definition) is 6. The highest BCUT2D eigenvalue weighted by molar-refractivity contribution is 6.33. The van der Waals surface area contributed by atoms with E-state index < -0.39 is 34.6 Å². The Bertz CT molecular complexity index is 1190. The van der Waals surface area contributed by atoms with Crippen LogP contribution < -0.4 is 5.73 Å². The summed E-state index contributed by atoms with van der Waals surface area (Å²) in [5.74, 6) is -4.54. The number of carbonyl (C=O) groups is 1. The van der Waals surface area contributed by atoms with Gasteiger partial charge in [0, 0.05) is 5.56 Å². The van der Waals surface area contributed by atoms with E-state index in [2.05, 4.69) is 4.98 Å². The van der Waals surface area contributed by atoms with E-state index in [1.54, 1.807) is 19.9 Å². The number of nitriles is 1. The zero-order chi connectivity index (χ0) is 22.9. The average molecular weight is 466 g/mol. The maximum atomic E-state index is 14.9. The lowest BCUT2D eigenvalue weighted by Crippen LogP contribution is -2.26. The van der Waals surface area contributed by atoms with E-state index in [9.17, 15) is 18.8 Å². The molecule has 31 heavy (non-hydrogen) atoms. The second-order valence-corrected chi connectivity index (χ2v) is 7.23. The summed E-state index contributed by atoms with van der Waals surface area (Å²) >= 11 is 11.8. The van der Waals surface area contributed by atoms with Crippen LogP contribution in [0.4, 0.5) is 8.78 Å². The zero-order valence-electron chi connectivity index (χ0n) is 16.3. The first-order valence-corrected chi connectivity index (χ1v) is 9.72. The second-order valence-electron chi connectivity index (χ2n) is 6.51. The van der Waals surface area contributed by atoms with Crippen molar-refractivity contribution in [3.05, 3.63) is 79.9 Å². The Morgan fingerprint density at radius 1 is 1.29 bits per heavy atom. The van der Waals surface area contributed by atoms with Crippen molar-refractivity contribution < 1.29 is 23.0 Å². The van der Waals surface area contributed by atoms with E-state index in [-0.39, 0.29) is 39.8 Å². The number of allylic oxidation sites excluding steroid dienone is 1. The summed E-state index contributed by atoms with van der Waals surface area (Å²) in [6.45, 7) is 3.22. The molecule has 0 spiro atoms. The lowest BCUT2D eigenvalue weighted by molar-refractivity contribution is -0.138. The minimum Gasteiger partial charge on any atom is -0.463 e. The van der Waals surface area contributed by atoms with Crippen LogP contribution in [0.25, 0.3) is 5.76 Å². The van der Waals surface area contributed by atoms with Gasteiger partial charge in [-0.25, -0.2) is 18.6 Å². The summed E-state index contributed by atoms with van der Waals surface area (Å²) in [6, 6.07) is 7.03. The van der Waals surface area contributed by atoms with Crippen molar-refractivity contribution in [2.75, 3.05) is 6.61 Å².